The van der Waals surface area contributed by atoms with Gasteiger partial charge in [-0.15, -0.1) is 0 Å². The van der Waals surface area contributed by atoms with Crippen LogP contribution in [0.15, 0.2) is 12.1 Å². The fourth-order valence-corrected chi connectivity index (χ4v) is 1.42. The molecule has 3 nitrogen and oxygen atoms in total. The van der Waals surface area contributed by atoms with Gasteiger partial charge in [0.15, 0.2) is 0 Å². The zero-order valence-electron chi connectivity index (χ0n) is 7.29. The summed E-state index contributed by atoms with van der Waals surface area (Å²) in [6.45, 7) is 1.52. The molecule has 0 aliphatic carbocycles. The molecule has 1 atom stereocenters. The Bertz CT molecular complexity index is 315. The Labute approximate surface area is 81.8 Å². The van der Waals surface area contributed by atoms with E-state index in [4.69, 9.17) is 22.4 Å². The third-order valence-corrected chi connectivity index (χ3v) is 2.11. The summed E-state index contributed by atoms with van der Waals surface area (Å²) in [5.41, 5.74) is 6.70. The van der Waals surface area contributed by atoms with Crippen LogP contribution < -0.4 is 5.73 Å². The molecule has 1 rings (SSSR count). The van der Waals surface area contributed by atoms with E-state index in [1.165, 1.54) is 0 Å². The third kappa shape index (κ3) is 2.12. The van der Waals surface area contributed by atoms with Crippen LogP contribution >= 0.6 is 11.6 Å². The van der Waals surface area contributed by atoms with E-state index in [2.05, 4.69) is 0 Å². The minimum absolute atomic E-state index is 0.103. The van der Waals surface area contributed by atoms with Gasteiger partial charge in [-0.2, -0.15) is 0 Å². The predicted octanol–water partition coefficient (Wildman–Crippen LogP) is 1.35. The largest absolute Gasteiger partial charge is 0.507 e. The summed E-state index contributed by atoms with van der Waals surface area (Å²) in [5.74, 6) is 0.103. The smallest absolute Gasteiger partial charge is 0.123 e. The highest BCUT2D eigenvalue weighted by atomic mass is 35.5. The van der Waals surface area contributed by atoms with Crippen LogP contribution in [0.5, 0.6) is 5.75 Å². The lowest BCUT2D eigenvalue weighted by atomic mass is 10.0. The van der Waals surface area contributed by atoms with Gasteiger partial charge in [-0.25, -0.2) is 0 Å². The molecule has 0 fully saturated rings. The first-order valence-corrected chi connectivity index (χ1v) is 4.29. The molecular formula is C9H12ClNO2. The van der Waals surface area contributed by atoms with Gasteiger partial charge in [0.1, 0.15) is 5.75 Å². The summed E-state index contributed by atoms with van der Waals surface area (Å²) in [6, 6.07) is 2.62. The molecule has 0 saturated carbocycles. The van der Waals surface area contributed by atoms with Crippen molar-refractivity contribution < 1.29 is 10.2 Å². The Morgan fingerprint density at radius 3 is 2.69 bits per heavy atom. The lowest BCUT2D eigenvalue weighted by Gasteiger charge is -2.12. The molecule has 1 aromatic rings. The number of hydrogen-bond donors (Lipinski definition) is 3. The molecule has 0 spiro atoms. The molecule has 72 valence electrons. The van der Waals surface area contributed by atoms with Gasteiger partial charge in [0.25, 0.3) is 0 Å². The number of hydrogen-bond acceptors (Lipinski definition) is 3. The van der Waals surface area contributed by atoms with Crippen molar-refractivity contribution in [2.75, 3.05) is 6.61 Å². The number of aliphatic hydroxyl groups excluding tert-OH is 1. The summed E-state index contributed by atoms with van der Waals surface area (Å²) < 4.78 is 0. The molecular weight excluding hydrogens is 190 g/mol. The van der Waals surface area contributed by atoms with Crippen LogP contribution in [0.3, 0.4) is 0 Å². The SMILES string of the molecule is Cc1cc(Cl)cc(C(N)CO)c1O. The second-order valence-corrected chi connectivity index (χ2v) is 3.39. The molecule has 0 aliphatic rings. The first-order chi connectivity index (χ1) is 6.06. The summed E-state index contributed by atoms with van der Waals surface area (Å²) in [7, 11) is 0. The highest BCUT2D eigenvalue weighted by molar-refractivity contribution is 6.30. The van der Waals surface area contributed by atoms with Gasteiger partial charge in [-0.3, -0.25) is 0 Å². The molecule has 0 aliphatic heterocycles. The lowest BCUT2D eigenvalue weighted by Crippen LogP contribution is -2.14. The fraction of sp³-hybridized carbons (Fsp3) is 0.333. The number of aliphatic hydroxyl groups is 1. The van der Waals surface area contributed by atoms with E-state index in [-0.39, 0.29) is 12.4 Å². The number of halogens is 1. The molecule has 0 radical (unpaired) electrons. The van der Waals surface area contributed by atoms with Crippen molar-refractivity contribution in [3.05, 3.63) is 28.3 Å². The van der Waals surface area contributed by atoms with E-state index in [9.17, 15) is 5.11 Å². The zero-order chi connectivity index (χ0) is 10.0. The van der Waals surface area contributed by atoms with Crippen LogP contribution in [-0.2, 0) is 0 Å². The van der Waals surface area contributed by atoms with Gasteiger partial charge in [0.05, 0.1) is 12.6 Å². The summed E-state index contributed by atoms with van der Waals surface area (Å²) >= 11 is 5.77. The lowest BCUT2D eigenvalue weighted by molar-refractivity contribution is 0.265. The van der Waals surface area contributed by atoms with E-state index < -0.39 is 6.04 Å². The average molecular weight is 202 g/mol. The summed E-state index contributed by atoms with van der Waals surface area (Å²) in [4.78, 5) is 0. The van der Waals surface area contributed by atoms with Crippen LogP contribution in [-0.4, -0.2) is 16.8 Å². The predicted molar refractivity (Wildman–Crippen MR) is 51.9 cm³/mol. The van der Waals surface area contributed by atoms with Crippen molar-refractivity contribution in [3.8, 4) is 5.75 Å². The Morgan fingerprint density at radius 1 is 1.54 bits per heavy atom. The van der Waals surface area contributed by atoms with E-state index >= 15 is 0 Å². The molecule has 0 bridgehead atoms. The molecule has 1 unspecified atom stereocenters. The maximum Gasteiger partial charge on any atom is 0.123 e. The average Bonchev–Trinajstić information content (AvgIpc) is 2.10. The quantitative estimate of drug-likeness (QED) is 0.677. The topological polar surface area (TPSA) is 66.5 Å². The number of phenolic OH excluding ortho intramolecular Hbond substituents is 1. The maximum absolute atomic E-state index is 9.57. The van der Waals surface area contributed by atoms with Crippen LogP contribution in [0.2, 0.25) is 5.02 Å². The van der Waals surface area contributed by atoms with E-state index in [1.54, 1.807) is 19.1 Å². The van der Waals surface area contributed by atoms with Gasteiger partial charge in [0, 0.05) is 10.6 Å². The highest BCUT2D eigenvalue weighted by Gasteiger charge is 2.12. The second-order valence-electron chi connectivity index (χ2n) is 2.95. The molecule has 4 N–H and O–H groups in total. The number of phenols is 1. The van der Waals surface area contributed by atoms with Gasteiger partial charge in [0.2, 0.25) is 0 Å². The first-order valence-electron chi connectivity index (χ1n) is 3.91. The number of benzene rings is 1. The van der Waals surface area contributed by atoms with Gasteiger partial charge >= 0.3 is 0 Å². The monoisotopic (exact) mass is 201 g/mol. The van der Waals surface area contributed by atoms with Crippen molar-refractivity contribution in [2.45, 2.75) is 13.0 Å². The second kappa shape index (κ2) is 3.96. The van der Waals surface area contributed by atoms with E-state index in [0.29, 0.717) is 16.1 Å². The third-order valence-electron chi connectivity index (χ3n) is 1.89. The molecule has 0 saturated heterocycles. The van der Waals surface area contributed by atoms with Crippen LogP contribution in [0.4, 0.5) is 0 Å². The van der Waals surface area contributed by atoms with Gasteiger partial charge in [-0.1, -0.05) is 11.6 Å². The molecule has 0 amide bonds. The molecule has 13 heavy (non-hydrogen) atoms. The Hall–Kier alpha value is -0.770. The molecule has 0 aromatic heterocycles. The molecule has 4 heteroatoms. The van der Waals surface area contributed by atoms with Crippen molar-refractivity contribution >= 4 is 11.6 Å². The van der Waals surface area contributed by atoms with Gasteiger partial charge < -0.3 is 15.9 Å². The number of nitrogens with two attached hydrogens (primary N) is 1. The van der Waals surface area contributed by atoms with Crippen molar-refractivity contribution in [1.29, 1.82) is 0 Å². The van der Waals surface area contributed by atoms with Crippen LogP contribution in [0, 0.1) is 6.92 Å². The summed E-state index contributed by atoms with van der Waals surface area (Å²) in [6.07, 6.45) is 0. The van der Waals surface area contributed by atoms with Crippen molar-refractivity contribution in [3.63, 3.8) is 0 Å². The van der Waals surface area contributed by atoms with E-state index in [1.807, 2.05) is 0 Å². The highest BCUT2D eigenvalue weighted by Crippen LogP contribution is 2.29. The van der Waals surface area contributed by atoms with Crippen molar-refractivity contribution in [2.24, 2.45) is 5.73 Å². The molecule has 0 heterocycles. The van der Waals surface area contributed by atoms with Crippen LogP contribution in [0.25, 0.3) is 0 Å². The van der Waals surface area contributed by atoms with Crippen LogP contribution in [0.1, 0.15) is 17.2 Å². The molecule has 1 aromatic carbocycles. The van der Waals surface area contributed by atoms with E-state index in [0.717, 1.165) is 0 Å². The number of rotatable bonds is 2. The Morgan fingerprint density at radius 2 is 2.15 bits per heavy atom. The normalized spacial score (nSPS) is 12.9. The van der Waals surface area contributed by atoms with Crippen molar-refractivity contribution in [1.82, 2.24) is 0 Å². The number of aromatic hydroxyl groups is 1. The minimum atomic E-state index is -0.586. The number of aryl methyl sites for hydroxylation is 1. The maximum atomic E-state index is 9.57. The minimum Gasteiger partial charge on any atom is -0.507 e. The Balaban J connectivity index is 3.20. The standard InChI is InChI=1S/C9H12ClNO2/c1-5-2-6(10)3-7(9(5)13)8(11)4-12/h2-3,8,12-13H,4,11H2,1H3. The Kier molecular flexibility index (Phi) is 3.14. The summed E-state index contributed by atoms with van der Waals surface area (Å²) in [5, 5.41) is 18.9. The van der Waals surface area contributed by atoms with Gasteiger partial charge in [-0.05, 0) is 24.6 Å². The fourth-order valence-electron chi connectivity index (χ4n) is 1.14. The zero-order valence-corrected chi connectivity index (χ0v) is 8.04. The first kappa shape index (κ1) is 10.3.